The SMILES string of the molecule is CCCN1CCCC(C(=O)Nc2ccc(OC)cc2C2CCCCC2)C1. The molecule has 1 aliphatic heterocycles. The van der Waals surface area contributed by atoms with Gasteiger partial charge in [-0.15, -0.1) is 0 Å². The van der Waals surface area contributed by atoms with E-state index in [0.29, 0.717) is 5.92 Å². The van der Waals surface area contributed by atoms with E-state index < -0.39 is 0 Å². The number of methoxy groups -OCH3 is 1. The second kappa shape index (κ2) is 9.40. The molecule has 26 heavy (non-hydrogen) atoms. The Hall–Kier alpha value is -1.55. The van der Waals surface area contributed by atoms with E-state index >= 15 is 0 Å². The molecule has 0 aromatic heterocycles. The van der Waals surface area contributed by atoms with Crippen LogP contribution in [0, 0.1) is 5.92 Å². The highest BCUT2D eigenvalue weighted by Crippen LogP contribution is 2.38. The number of hydrogen-bond donors (Lipinski definition) is 1. The minimum absolute atomic E-state index is 0.108. The van der Waals surface area contributed by atoms with E-state index in [2.05, 4.69) is 23.2 Å². The Morgan fingerprint density at radius 3 is 2.73 bits per heavy atom. The molecule has 0 bridgehead atoms. The van der Waals surface area contributed by atoms with Crippen LogP contribution in [0.25, 0.3) is 0 Å². The fourth-order valence-corrected chi connectivity index (χ4v) is 4.56. The molecule has 0 spiro atoms. The summed E-state index contributed by atoms with van der Waals surface area (Å²) in [7, 11) is 1.71. The largest absolute Gasteiger partial charge is 0.497 e. The number of rotatable bonds is 6. The minimum atomic E-state index is 0.108. The molecular weight excluding hydrogens is 324 g/mol. The van der Waals surface area contributed by atoms with Gasteiger partial charge in [0.2, 0.25) is 5.91 Å². The molecule has 1 aromatic rings. The number of piperidine rings is 1. The lowest BCUT2D eigenvalue weighted by molar-refractivity contribution is -0.121. The van der Waals surface area contributed by atoms with Crippen molar-refractivity contribution in [3.8, 4) is 5.75 Å². The van der Waals surface area contributed by atoms with Gasteiger partial charge in [-0.1, -0.05) is 26.2 Å². The summed E-state index contributed by atoms with van der Waals surface area (Å²) in [5.41, 5.74) is 2.26. The minimum Gasteiger partial charge on any atom is -0.497 e. The predicted octanol–water partition coefficient (Wildman–Crippen LogP) is 4.80. The van der Waals surface area contributed by atoms with Gasteiger partial charge in [-0.05, 0) is 74.9 Å². The number of carbonyl (C=O) groups is 1. The van der Waals surface area contributed by atoms with Crippen molar-refractivity contribution in [2.45, 2.75) is 64.2 Å². The van der Waals surface area contributed by atoms with Crippen molar-refractivity contribution in [2.24, 2.45) is 5.92 Å². The smallest absolute Gasteiger partial charge is 0.228 e. The molecule has 144 valence electrons. The number of amides is 1. The van der Waals surface area contributed by atoms with Gasteiger partial charge in [0.05, 0.1) is 13.0 Å². The Morgan fingerprint density at radius 1 is 1.19 bits per heavy atom. The number of ether oxygens (including phenoxy) is 1. The van der Waals surface area contributed by atoms with Crippen LogP contribution in [0.15, 0.2) is 18.2 Å². The molecule has 2 aliphatic rings. The zero-order valence-corrected chi connectivity index (χ0v) is 16.4. The number of carbonyl (C=O) groups excluding carboxylic acids is 1. The molecular formula is C22H34N2O2. The summed E-state index contributed by atoms with van der Waals surface area (Å²) in [4.78, 5) is 15.4. The summed E-state index contributed by atoms with van der Waals surface area (Å²) in [6.45, 7) is 5.33. The second-order valence-electron chi connectivity index (χ2n) is 7.92. The predicted molar refractivity (Wildman–Crippen MR) is 107 cm³/mol. The Labute approximate surface area is 158 Å². The Morgan fingerprint density at radius 2 is 2.00 bits per heavy atom. The quantitative estimate of drug-likeness (QED) is 0.794. The number of benzene rings is 1. The Bertz CT molecular complexity index is 594. The molecule has 1 N–H and O–H groups in total. The maximum absolute atomic E-state index is 12.9. The third-order valence-corrected chi connectivity index (χ3v) is 5.98. The van der Waals surface area contributed by atoms with Gasteiger partial charge in [0, 0.05) is 12.2 Å². The summed E-state index contributed by atoms with van der Waals surface area (Å²) in [6.07, 6.45) is 9.59. The summed E-state index contributed by atoms with van der Waals surface area (Å²) < 4.78 is 5.44. The van der Waals surface area contributed by atoms with Crippen molar-refractivity contribution >= 4 is 11.6 Å². The van der Waals surface area contributed by atoms with Crippen LogP contribution in [-0.4, -0.2) is 37.6 Å². The standard InChI is InChI=1S/C22H34N2O2/c1-3-13-24-14-7-10-18(16-24)22(25)23-21-12-11-19(26-2)15-20(21)17-8-5-4-6-9-17/h11-12,15,17-18H,3-10,13-14,16H2,1-2H3,(H,23,25). The molecule has 1 saturated heterocycles. The normalized spacial score (nSPS) is 22.2. The molecule has 2 fully saturated rings. The van der Waals surface area contributed by atoms with Crippen LogP contribution in [-0.2, 0) is 4.79 Å². The van der Waals surface area contributed by atoms with Gasteiger partial charge in [0.1, 0.15) is 5.75 Å². The monoisotopic (exact) mass is 358 g/mol. The van der Waals surface area contributed by atoms with Gasteiger partial charge in [-0.25, -0.2) is 0 Å². The highest BCUT2D eigenvalue weighted by Gasteiger charge is 2.27. The van der Waals surface area contributed by atoms with Crippen LogP contribution in [0.3, 0.4) is 0 Å². The van der Waals surface area contributed by atoms with Crippen molar-refractivity contribution in [3.05, 3.63) is 23.8 Å². The zero-order chi connectivity index (χ0) is 18.4. The average molecular weight is 359 g/mol. The Kier molecular flexibility index (Phi) is 6.95. The molecule has 1 amide bonds. The van der Waals surface area contributed by atoms with Gasteiger partial charge in [0.25, 0.3) is 0 Å². The van der Waals surface area contributed by atoms with E-state index in [4.69, 9.17) is 4.74 Å². The van der Waals surface area contributed by atoms with E-state index in [0.717, 1.165) is 50.3 Å². The molecule has 1 atom stereocenters. The molecule has 3 rings (SSSR count). The van der Waals surface area contributed by atoms with E-state index in [1.165, 1.54) is 37.7 Å². The summed E-state index contributed by atoms with van der Waals surface area (Å²) in [6, 6.07) is 6.13. The van der Waals surface area contributed by atoms with Gasteiger partial charge < -0.3 is 15.0 Å². The van der Waals surface area contributed by atoms with Crippen LogP contribution < -0.4 is 10.1 Å². The average Bonchev–Trinajstić information content (AvgIpc) is 2.69. The molecule has 4 nitrogen and oxygen atoms in total. The van der Waals surface area contributed by atoms with Crippen molar-refractivity contribution in [3.63, 3.8) is 0 Å². The first-order chi connectivity index (χ1) is 12.7. The first-order valence-electron chi connectivity index (χ1n) is 10.4. The molecule has 1 heterocycles. The molecule has 1 aromatic carbocycles. The van der Waals surface area contributed by atoms with Crippen LogP contribution >= 0.6 is 0 Å². The fourth-order valence-electron chi connectivity index (χ4n) is 4.56. The third-order valence-electron chi connectivity index (χ3n) is 5.98. The molecule has 0 radical (unpaired) electrons. The van der Waals surface area contributed by atoms with E-state index in [1.54, 1.807) is 7.11 Å². The topological polar surface area (TPSA) is 41.6 Å². The van der Waals surface area contributed by atoms with Crippen molar-refractivity contribution < 1.29 is 9.53 Å². The van der Waals surface area contributed by atoms with Crippen LogP contribution in [0.2, 0.25) is 0 Å². The Balaban J connectivity index is 1.72. The van der Waals surface area contributed by atoms with Crippen molar-refractivity contribution in [1.82, 2.24) is 4.90 Å². The van der Waals surface area contributed by atoms with Gasteiger partial charge in [-0.2, -0.15) is 0 Å². The van der Waals surface area contributed by atoms with Gasteiger partial charge >= 0.3 is 0 Å². The number of nitrogens with one attached hydrogen (secondary N) is 1. The highest BCUT2D eigenvalue weighted by molar-refractivity contribution is 5.93. The summed E-state index contributed by atoms with van der Waals surface area (Å²) in [5, 5.41) is 3.27. The molecule has 1 saturated carbocycles. The highest BCUT2D eigenvalue weighted by atomic mass is 16.5. The number of anilines is 1. The van der Waals surface area contributed by atoms with E-state index in [1.807, 2.05) is 12.1 Å². The molecule has 4 heteroatoms. The number of nitrogens with zero attached hydrogens (tertiary/aromatic N) is 1. The van der Waals surface area contributed by atoms with E-state index in [-0.39, 0.29) is 11.8 Å². The van der Waals surface area contributed by atoms with Crippen molar-refractivity contribution in [1.29, 1.82) is 0 Å². The zero-order valence-electron chi connectivity index (χ0n) is 16.4. The van der Waals surface area contributed by atoms with Crippen LogP contribution in [0.4, 0.5) is 5.69 Å². The first-order valence-corrected chi connectivity index (χ1v) is 10.4. The third kappa shape index (κ3) is 4.79. The van der Waals surface area contributed by atoms with Crippen LogP contribution in [0.1, 0.15) is 69.8 Å². The fraction of sp³-hybridized carbons (Fsp3) is 0.682. The lowest BCUT2D eigenvalue weighted by Gasteiger charge is -2.32. The number of likely N-dealkylation sites (tertiary alicyclic amines) is 1. The second-order valence-corrected chi connectivity index (χ2v) is 7.92. The maximum Gasteiger partial charge on any atom is 0.228 e. The van der Waals surface area contributed by atoms with Crippen LogP contribution in [0.5, 0.6) is 5.75 Å². The first kappa shape index (κ1) is 19.2. The van der Waals surface area contributed by atoms with E-state index in [9.17, 15) is 4.79 Å². The number of hydrogen-bond acceptors (Lipinski definition) is 3. The summed E-state index contributed by atoms with van der Waals surface area (Å²) >= 11 is 0. The lowest BCUT2D eigenvalue weighted by atomic mass is 9.83. The maximum atomic E-state index is 12.9. The van der Waals surface area contributed by atoms with Gasteiger partial charge in [-0.3, -0.25) is 4.79 Å². The molecule has 1 unspecified atom stereocenters. The summed E-state index contributed by atoms with van der Waals surface area (Å²) in [5.74, 6) is 1.72. The molecule has 1 aliphatic carbocycles. The lowest BCUT2D eigenvalue weighted by Crippen LogP contribution is -2.41. The van der Waals surface area contributed by atoms with Gasteiger partial charge in [0.15, 0.2) is 0 Å². The van der Waals surface area contributed by atoms with Crippen molar-refractivity contribution in [2.75, 3.05) is 32.1 Å².